The second-order valence-electron chi connectivity index (χ2n) is 5.68. The SMILES string of the molecule is C=C(C)[C@@H]1CC=C(C)/C(=N/NC(=O)c2ccccc2C)C1. The van der Waals surface area contributed by atoms with E-state index >= 15 is 0 Å². The summed E-state index contributed by atoms with van der Waals surface area (Å²) in [7, 11) is 0. The van der Waals surface area contributed by atoms with Crippen LogP contribution in [0.25, 0.3) is 0 Å². The minimum absolute atomic E-state index is 0.161. The molecule has 1 aromatic rings. The zero-order valence-electron chi connectivity index (χ0n) is 12.9. The third kappa shape index (κ3) is 3.69. The van der Waals surface area contributed by atoms with Gasteiger partial charge in [-0.2, -0.15) is 5.10 Å². The molecule has 0 saturated heterocycles. The number of amides is 1. The number of nitrogens with zero attached hydrogens (tertiary/aromatic N) is 1. The number of hydrogen-bond donors (Lipinski definition) is 1. The average Bonchev–Trinajstić information content (AvgIpc) is 2.46. The van der Waals surface area contributed by atoms with Gasteiger partial charge in [0.15, 0.2) is 0 Å². The summed E-state index contributed by atoms with van der Waals surface area (Å²) < 4.78 is 0. The summed E-state index contributed by atoms with van der Waals surface area (Å²) in [6.45, 7) is 10.0. The van der Waals surface area contributed by atoms with Crippen molar-refractivity contribution in [1.29, 1.82) is 0 Å². The van der Waals surface area contributed by atoms with Gasteiger partial charge in [0.1, 0.15) is 0 Å². The molecular weight excluding hydrogens is 260 g/mol. The lowest BCUT2D eigenvalue weighted by Crippen LogP contribution is -2.23. The monoisotopic (exact) mass is 282 g/mol. The van der Waals surface area contributed by atoms with Gasteiger partial charge in [0, 0.05) is 5.56 Å². The number of benzene rings is 1. The predicted molar refractivity (Wildman–Crippen MR) is 87.4 cm³/mol. The fraction of sp³-hybridized carbons (Fsp3) is 0.333. The Labute approximate surface area is 126 Å². The first-order valence-electron chi connectivity index (χ1n) is 7.24. The fourth-order valence-electron chi connectivity index (χ4n) is 2.43. The van der Waals surface area contributed by atoms with Crippen molar-refractivity contribution in [2.75, 3.05) is 0 Å². The first-order chi connectivity index (χ1) is 9.99. The van der Waals surface area contributed by atoms with Crippen LogP contribution < -0.4 is 5.43 Å². The molecule has 110 valence electrons. The van der Waals surface area contributed by atoms with E-state index in [4.69, 9.17) is 0 Å². The normalized spacial score (nSPS) is 20.0. The van der Waals surface area contributed by atoms with Crippen molar-refractivity contribution in [2.45, 2.75) is 33.6 Å². The molecule has 3 nitrogen and oxygen atoms in total. The van der Waals surface area contributed by atoms with E-state index in [9.17, 15) is 4.79 Å². The van der Waals surface area contributed by atoms with Crippen molar-refractivity contribution < 1.29 is 4.79 Å². The van der Waals surface area contributed by atoms with Crippen LogP contribution in [0, 0.1) is 12.8 Å². The molecule has 0 bridgehead atoms. The number of aryl methyl sites for hydroxylation is 1. The number of hydrazone groups is 1. The van der Waals surface area contributed by atoms with E-state index in [1.807, 2.05) is 45.0 Å². The van der Waals surface area contributed by atoms with Crippen LogP contribution in [0.1, 0.15) is 42.6 Å². The topological polar surface area (TPSA) is 41.5 Å². The maximum Gasteiger partial charge on any atom is 0.271 e. The Bertz CT molecular complexity index is 626. The van der Waals surface area contributed by atoms with Crippen LogP contribution in [0.5, 0.6) is 0 Å². The smallest absolute Gasteiger partial charge is 0.267 e. The van der Waals surface area contributed by atoms with E-state index < -0.39 is 0 Å². The molecule has 0 radical (unpaired) electrons. The number of hydrogen-bond acceptors (Lipinski definition) is 2. The largest absolute Gasteiger partial charge is 0.271 e. The molecule has 0 saturated carbocycles. The number of nitrogens with one attached hydrogen (secondary N) is 1. The highest BCUT2D eigenvalue weighted by molar-refractivity contribution is 6.02. The molecule has 0 aliphatic heterocycles. The molecule has 1 amide bonds. The molecule has 0 fully saturated rings. The summed E-state index contributed by atoms with van der Waals surface area (Å²) in [5.74, 6) is 0.258. The Morgan fingerprint density at radius 3 is 2.71 bits per heavy atom. The van der Waals surface area contributed by atoms with Gasteiger partial charge in [0.05, 0.1) is 5.71 Å². The molecule has 1 aromatic carbocycles. The van der Waals surface area contributed by atoms with Gasteiger partial charge in [-0.1, -0.05) is 36.4 Å². The summed E-state index contributed by atoms with van der Waals surface area (Å²) in [6.07, 6.45) is 4.01. The summed E-state index contributed by atoms with van der Waals surface area (Å²) in [6, 6.07) is 7.51. The van der Waals surface area contributed by atoms with Gasteiger partial charge < -0.3 is 0 Å². The number of rotatable bonds is 3. The first-order valence-corrected chi connectivity index (χ1v) is 7.24. The molecule has 1 aliphatic carbocycles. The molecule has 0 unspecified atom stereocenters. The van der Waals surface area contributed by atoms with Gasteiger partial charge in [-0.3, -0.25) is 4.79 Å². The summed E-state index contributed by atoms with van der Waals surface area (Å²) >= 11 is 0. The molecule has 1 aliphatic rings. The van der Waals surface area contributed by atoms with Crippen molar-refractivity contribution >= 4 is 11.6 Å². The summed E-state index contributed by atoms with van der Waals surface area (Å²) in [5, 5.41) is 4.32. The highest BCUT2D eigenvalue weighted by atomic mass is 16.2. The molecule has 1 atom stereocenters. The van der Waals surface area contributed by atoms with Gasteiger partial charge >= 0.3 is 0 Å². The van der Waals surface area contributed by atoms with Crippen molar-refractivity contribution in [3.63, 3.8) is 0 Å². The van der Waals surface area contributed by atoms with E-state index in [0.29, 0.717) is 11.5 Å². The van der Waals surface area contributed by atoms with E-state index in [-0.39, 0.29) is 5.91 Å². The van der Waals surface area contributed by atoms with Crippen LogP contribution in [-0.4, -0.2) is 11.6 Å². The van der Waals surface area contributed by atoms with Gasteiger partial charge in [0.2, 0.25) is 0 Å². The van der Waals surface area contributed by atoms with Crippen molar-refractivity contribution in [2.24, 2.45) is 11.0 Å². The van der Waals surface area contributed by atoms with Gasteiger partial charge in [0.25, 0.3) is 5.91 Å². The van der Waals surface area contributed by atoms with E-state index in [2.05, 4.69) is 23.2 Å². The number of carbonyl (C=O) groups excluding carboxylic acids is 1. The Morgan fingerprint density at radius 2 is 2.05 bits per heavy atom. The molecule has 3 heteroatoms. The third-order valence-corrected chi connectivity index (χ3v) is 3.98. The van der Waals surface area contributed by atoms with Crippen LogP contribution >= 0.6 is 0 Å². The number of carbonyl (C=O) groups is 1. The van der Waals surface area contributed by atoms with Crippen molar-refractivity contribution in [1.82, 2.24) is 5.43 Å². The van der Waals surface area contributed by atoms with Crippen LogP contribution in [-0.2, 0) is 0 Å². The maximum atomic E-state index is 12.2. The van der Waals surface area contributed by atoms with Gasteiger partial charge in [-0.15, -0.1) is 0 Å². The molecule has 0 aromatic heterocycles. The molecule has 21 heavy (non-hydrogen) atoms. The molecular formula is C18H22N2O. The Balaban J connectivity index is 2.12. The first kappa shape index (κ1) is 15.2. The lowest BCUT2D eigenvalue weighted by molar-refractivity contribution is 0.0954. The second-order valence-corrected chi connectivity index (χ2v) is 5.68. The molecule has 0 spiro atoms. The van der Waals surface area contributed by atoms with E-state index in [1.165, 1.54) is 0 Å². The van der Waals surface area contributed by atoms with E-state index in [1.54, 1.807) is 0 Å². The minimum Gasteiger partial charge on any atom is -0.267 e. The molecule has 1 N–H and O–H groups in total. The molecule has 0 heterocycles. The van der Waals surface area contributed by atoms with Crippen molar-refractivity contribution in [3.05, 3.63) is 59.2 Å². The van der Waals surface area contributed by atoms with Crippen LogP contribution in [0.4, 0.5) is 0 Å². The predicted octanol–water partition coefficient (Wildman–Crippen LogP) is 4.01. The Kier molecular flexibility index (Phi) is 4.73. The summed E-state index contributed by atoms with van der Waals surface area (Å²) in [4.78, 5) is 12.2. The highest BCUT2D eigenvalue weighted by Gasteiger charge is 2.19. The number of allylic oxidation sites excluding steroid dienone is 3. The third-order valence-electron chi connectivity index (χ3n) is 3.98. The quantitative estimate of drug-likeness (QED) is 0.660. The van der Waals surface area contributed by atoms with Crippen LogP contribution in [0.2, 0.25) is 0 Å². The standard InChI is InChI=1S/C18H22N2O/c1-12(2)15-10-9-14(4)17(11-15)19-20-18(21)16-8-6-5-7-13(16)3/h5-9,15H,1,10-11H2,2-4H3,(H,20,21)/b19-17+/t15-/m1/s1. The summed E-state index contributed by atoms with van der Waals surface area (Å²) in [5.41, 5.74) is 7.53. The fourth-order valence-corrected chi connectivity index (χ4v) is 2.43. The lowest BCUT2D eigenvalue weighted by atomic mass is 9.85. The second kappa shape index (κ2) is 6.53. The minimum atomic E-state index is -0.161. The van der Waals surface area contributed by atoms with Gasteiger partial charge in [-0.25, -0.2) is 5.43 Å². The zero-order chi connectivity index (χ0) is 15.4. The Hall–Kier alpha value is -2.16. The lowest BCUT2D eigenvalue weighted by Gasteiger charge is -2.22. The maximum absolute atomic E-state index is 12.2. The van der Waals surface area contributed by atoms with Gasteiger partial charge in [-0.05, 0) is 56.7 Å². The molecule has 2 rings (SSSR count). The Morgan fingerprint density at radius 1 is 1.33 bits per heavy atom. The van der Waals surface area contributed by atoms with Crippen LogP contribution in [0.3, 0.4) is 0 Å². The average molecular weight is 282 g/mol. The zero-order valence-corrected chi connectivity index (χ0v) is 12.9. The van der Waals surface area contributed by atoms with Crippen molar-refractivity contribution in [3.8, 4) is 0 Å². The van der Waals surface area contributed by atoms with Crippen LogP contribution in [0.15, 0.2) is 53.2 Å². The van der Waals surface area contributed by atoms with E-state index in [0.717, 1.165) is 35.3 Å². The highest BCUT2D eigenvalue weighted by Crippen LogP contribution is 2.26.